The van der Waals surface area contributed by atoms with Crippen molar-refractivity contribution in [3.05, 3.63) is 82.9 Å². The molecule has 2 heterocycles. The van der Waals surface area contributed by atoms with Crippen LogP contribution >= 0.6 is 0 Å². The van der Waals surface area contributed by atoms with Gasteiger partial charge < -0.3 is 28.9 Å². The molecule has 11 nitrogen and oxygen atoms in total. The molecule has 0 aliphatic heterocycles. The number of nitrogens with one attached hydrogen (secondary N) is 1. The maximum Gasteiger partial charge on any atom is 0.408 e. The number of rotatable bonds is 12. The van der Waals surface area contributed by atoms with Crippen LogP contribution in [0, 0.1) is 6.92 Å². The van der Waals surface area contributed by atoms with Crippen LogP contribution in [0.2, 0.25) is 0 Å². The van der Waals surface area contributed by atoms with Crippen molar-refractivity contribution in [2.24, 2.45) is 0 Å². The molecular weight excluding hydrogens is 588 g/mol. The van der Waals surface area contributed by atoms with E-state index in [9.17, 15) is 19.5 Å². The molecule has 2 amide bonds. The Morgan fingerprint density at radius 3 is 2.22 bits per heavy atom. The first-order valence-corrected chi connectivity index (χ1v) is 15.4. The second kappa shape index (κ2) is 14.0. The van der Waals surface area contributed by atoms with E-state index in [0.717, 1.165) is 18.4 Å². The van der Waals surface area contributed by atoms with Crippen LogP contribution in [0.1, 0.15) is 92.1 Å². The molecule has 0 fully saturated rings. The van der Waals surface area contributed by atoms with Crippen LogP contribution in [0.3, 0.4) is 0 Å². The number of aromatic carboxylic acids is 1. The largest absolute Gasteiger partial charge is 0.478 e. The Hall–Kier alpha value is -4.93. The fourth-order valence-corrected chi connectivity index (χ4v) is 5.23. The third kappa shape index (κ3) is 8.01. The van der Waals surface area contributed by atoms with E-state index in [1.54, 1.807) is 57.7 Å². The lowest BCUT2D eigenvalue weighted by Crippen LogP contribution is -2.47. The zero-order valence-corrected chi connectivity index (χ0v) is 27.5. The number of carbonyl (C=O) groups is 3. The second-order valence-corrected chi connectivity index (χ2v) is 12.6. The first kappa shape index (κ1) is 34.0. The summed E-state index contributed by atoms with van der Waals surface area (Å²) in [6, 6.07) is 14.5. The Morgan fingerprint density at radius 1 is 0.957 bits per heavy atom. The van der Waals surface area contributed by atoms with Gasteiger partial charge in [0, 0.05) is 41.8 Å². The summed E-state index contributed by atoms with van der Waals surface area (Å²) in [6.45, 7) is 13.9. The monoisotopic (exact) mass is 630 g/mol. The first-order chi connectivity index (χ1) is 21.7. The van der Waals surface area contributed by atoms with Crippen molar-refractivity contribution in [3.8, 4) is 22.8 Å². The molecule has 0 unspecified atom stereocenters. The molecule has 46 heavy (non-hydrogen) atoms. The minimum Gasteiger partial charge on any atom is -0.478 e. The van der Waals surface area contributed by atoms with Gasteiger partial charge in [-0.2, -0.15) is 0 Å². The Bertz CT molecular complexity index is 1680. The molecule has 2 aromatic heterocycles. The molecule has 0 saturated heterocycles. The molecule has 0 bridgehead atoms. The topological polar surface area (TPSA) is 148 Å². The van der Waals surface area contributed by atoms with E-state index in [1.165, 1.54) is 6.26 Å². The van der Waals surface area contributed by atoms with Gasteiger partial charge in [0.2, 0.25) is 11.8 Å². The SMILES string of the molecule is CCCN(CCC)C(=O)c1cc(-c2nnc([C@@](C)(Cc3ccccc3)NC(=O)OC(C)(C)C)o2)cc(-c2occ(C)c2C(=O)O)c1. The first-order valence-electron chi connectivity index (χ1n) is 15.4. The van der Waals surface area contributed by atoms with Crippen LogP contribution in [0.15, 0.2) is 63.6 Å². The number of amides is 2. The molecule has 2 aromatic carbocycles. The fourth-order valence-electron chi connectivity index (χ4n) is 5.23. The summed E-state index contributed by atoms with van der Waals surface area (Å²) in [7, 11) is 0. The summed E-state index contributed by atoms with van der Waals surface area (Å²) in [6.07, 6.45) is 2.58. The van der Waals surface area contributed by atoms with Gasteiger partial charge in [-0.05, 0) is 71.2 Å². The molecule has 2 N–H and O–H groups in total. The van der Waals surface area contributed by atoms with Gasteiger partial charge in [-0.1, -0.05) is 44.2 Å². The van der Waals surface area contributed by atoms with Crippen molar-refractivity contribution < 1.29 is 33.1 Å². The van der Waals surface area contributed by atoms with E-state index in [1.807, 2.05) is 44.2 Å². The van der Waals surface area contributed by atoms with Crippen LogP contribution in [0.5, 0.6) is 0 Å². The normalized spacial score (nSPS) is 12.8. The molecular formula is C35H42N4O7. The highest BCUT2D eigenvalue weighted by Gasteiger charge is 2.37. The zero-order chi connectivity index (χ0) is 33.6. The average molecular weight is 631 g/mol. The number of aryl methyl sites for hydroxylation is 1. The smallest absolute Gasteiger partial charge is 0.408 e. The lowest BCUT2D eigenvalue weighted by Gasteiger charge is -2.29. The average Bonchev–Trinajstić information content (AvgIpc) is 3.64. The molecule has 0 radical (unpaired) electrons. The van der Waals surface area contributed by atoms with E-state index in [0.29, 0.717) is 41.8 Å². The van der Waals surface area contributed by atoms with Gasteiger partial charge in [0.1, 0.15) is 22.5 Å². The maximum atomic E-state index is 13.8. The van der Waals surface area contributed by atoms with Crippen molar-refractivity contribution >= 4 is 18.0 Å². The van der Waals surface area contributed by atoms with Crippen molar-refractivity contribution in [3.63, 3.8) is 0 Å². The Balaban J connectivity index is 1.83. The van der Waals surface area contributed by atoms with Crippen LogP contribution in [-0.4, -0.2) is 56.9 Å². The quantitative estimate of drug-likeness (QED) is 0.165. The van der Waals surface area contributed by atoms with Gasteiger partial charge in [0.25, 0.3) is 5.91 Å². The standard InChI is InChI=1S/C35H42N4O7/c1-8-15-39(16-9-2)30(40)26-18-24(28-27(31(41)42)22(3)21-44-28)17-25(19-26)29-37-38-32(45-29)35(7,20-23-13-11-10-12-14-23)36-33(43)46-34(4,5)6/h10-14,17-19,21H,8-9,15-16,20H2,1-7H3,(H,36,43)(H,41,42)/t35-/m1/s1. The highest BCUT2D eigenvalue weighted by atomic mass is 16.6. The summed E-state index contributed by atoms with van der Waals surface area (Å²) in [5, 5.41) is 21.5. The second-order valence-electron chi connectivity index (χ2n) is 12.6. The number of ether oxygens (including phenoxy) is 1. The van der Waals surface area contributed by atoms with Crippen molar-refractivity contribution in [2.75, 3.05) is 13.1 Å². The zero-order valence-electron chi connectivity index (χ0n) is 27.5. The highest BCUT2D eigenvalue weighted by molar-refractivity contribution is 5.99. The van der Waals surface area contributed by atoms with Gasteiger partial charge in [0.15, 0.2) is 0 Å². The molecule has 4 rings (SSSR count). The number of alkyl carbamates (subject to hydrolysis) is 1. The Labute approximate surface area is 269 Å². The van der Waals surface area contributed by atoms with Gasteiger partial charge in [0.05, 0.1) is 6.26 Å². The number of carboxylic acid groups (broad SMARTS) is 1. The maximum absolute atomic E-state index is 13.8. The summed E-state index contributed by atoms with van der Waals surface area (Å²) in [4.78, 5) is 40.6. The van der Waals surface area contributed by atoms with Crippen molar-refractivity contribution in [2.45, 2.75) is 78.9 Å². The Kier molecular flexibility index (Phi) is 10.3. The third-order valence-electron chi connectivity index (χ3n) is 7.23. The van der Waals surface area contributed by atoms with E-state index in [-0.39, 0.29) is 29.0 Å². The lowest BCUT2D eigenvalue weighted by molar-refractivity contribution is 0.0443. The van der Waals surface area contributed by atoms with Gasteiger partial charge in [-0.25, -0.2) is 9.59 Å². The molecule has 244 valence electrons. The number of carbonyl (C=O) groups excluding carboxylic acids is 2. The molecule has 0 aliphatic carbocycles. The molecule has 0 aliphatic rings. The molecule has 4 aromatic rings. The fraction of sp³-hybridized carbons (Fsp3) is 0.400. The summed E-state index contributed by atoms with van der Waals surface area (Å²) in [5.74, 6) is -1.06. The summed E-state index contributed by atoms with van der Waals surface area (Å²) >= 11 is 0. The number of hydrogen-bond donors (Lipinski definition) is 2. The van der Waals surface area contributed by atoms with Gasteiger partial charge in [-0.3, -0.25) is 4.79 Å². The highest BCUT2D eigenvalue weighted by Crippen LogP contribution is 2.34. The van der Waals surface area contributed by atoms with Crippen LogP contribution in [0.4, 0.5) is 4.79 Å². The van der Waals surface area contributed by atoms with Crippen molar-refractivity contribution in [1.82, 2.24) is 20.4 Å². The predicted octanol–water partition coefficient (Wildman–Crippen LogP) is 7.25. The Morgan fingerprint density at radius 2 is 1.61 bits per heavy atom. The number of furan rings is 1. The van der Waals surface area contributed by atoms with Crippen LogP contribution in [0.25, 0.3) is 22.8 Å². The van der Waals surface area contributed by atoms with Crippen LogP contribution in [-0.2, 0) is 16.7 Å². The lowest BCUT2D eigenvalue weighted by atomic mass is 9.92. The minimum atomic E-state index is -1.17. The summed E-state index contributed by atoms with van der Waals surface area (Å²) in [5.41, 5.74) is 0.537. The molecule has 0 spiro atoms. The predicted molar refractivity (Wildman–Crippen MR) is 172 cm³/mol. The van der Waals surface area contributed by atoms with E-state index in [2.05, 4.69) is 15.5 Å². The van der Waals surface area contributed by atoms with Gasteiger partial charge >= 0.3 is 12.1 Å². The molecule has 11 heteroatoms. The molecule has 1 atom stereocenters. The molecule has 0 saturated carbocycles. The number of hydrogen-bond acceptors (Lipinski definition) is 8. The minimum absolute atomic E-state index is 0.00210. The van der Waals surface area contributed by atoms with E-state index >= 15 is 0 Å². The van der Waals surface area contributed by atoms with Crippen molar-refractivity contribution in [1.29, 1.82) is 0 Å². The number of aromatic nitrogens is 2. The third-order valence-corrected chi connectivity index (χ3v) is 7.23. The van der Waals surface area contributed by atoms with Gasteiger partial charge in [-0.15, -0.1) is 10.2 Å². The number of carboxylic acids is 1. The number of benzene rings is 2. The summed E-state index contributed by atoms with van der Waals surface area (Å²) < 4.78 is 17.5. The van der Waals surface area contributed by atoms with E-state index < -0.39 is 23.2 Å². The van der Waals surface area contributed by atoms with Crippen LogP contribution < -0.4 is 5.32 Å². The number of nitrogens with zero attached hydrogens (tertiary/aromatic N) is 3. The van der Waals surface area contributed by atoms with E-state index in [4.69, 9.17) is 13.6 Å².